The van der Waals surface area contributed by atoms with Gasteiger partial charge in [-0.25, -0.2) is 0 Å². The molecule has 0 aromatic heterocycles. The molecule has 0 bridgehead atoms. The van der Waals surface area contributed by atoms with Crippen molar-refractivity contribution in [1.82, 2.24) is 5.32 Å². The Hall–Kier alpha value is -1.83. The minimum absolute atomic E-state index is 0.0414. The molecule has 1 aliphatic heterocycles. The molecule has 1 aromatic rings. The summed E-state index contributed by atoms with van der Waals surface area (Å²) in [7, 11) is 0. The molecule has 2 nitrogen and oxygen atoms in total. The first-order valence-corrected chi connectivity index (χ1v) is 5.85. The molecule has 0 aliphatic carbocycles. The fourth-order valence-electron chi connectivity index (χ4n) is 2.14. The highest BCUT2D eigenvalue weighted by molar-refractivity contribution is 6.04. The number of benzene rings is 1. The van der Waals surface area contributed by atoms with Crippen LogP contribution in [0, 0.1) is 0 Å². The van der Waals surface area contributed by atoms with Gasteiger partial charge in [0.1, 0.15) is 0 Å². The van der Waals surface area contributed by atoms with Crippen LogP contribution in [0.2, 0.25) is 0 Å². The summed E-state index contributed by atoms with van der Waals surface area (Å²) in [6.45, 7) is 5.97. The van der Waals surface area contributed by atoms with E-state index in [-0.39, 0.29) is 11.9 Å². The van der Waals surface area contributed by atoms with Gasteiger partial charge in [0, 0.05) is 5.57 Å². The number of hydrogen-bond donors (Lipinski definition) is 1. The van der Waals surface area contributed by atoms with E-state index >= 15 is 0 Å². The molecule has 1 saturated heterocycles. The molecule has 1 atom stereocenters. The molecular formula is C15H17NO. The molecular weight excluding hydrogens is 210 g/mol. The number of carbonyl (C=O) groups excluding carboxylic acids is 1. The minimum Gasteiger partial charge on any atom is -0.345 e. The lowest BCUT2D eigenvalue weighted by molar-refractivity contribution is -0.116. The maximum Gasteiger partial charge on any atom is 0.252 e. The van der Waals surface area contributed by atoms with Crippen molar-refractivity contribution in [2.24, 2.45) is 0 Å². The average molecular weight is 227 g/mol. The van der Waals surface area contributed by atoms with Gasteiger partial charge < -0.3 is 5.32 Å². The SMILES string of the molecule is CC(C)=C1C(=O)N[C@H](C)/C1=C\c1ccccc1. The second-order valence-corrected chi connectivity index (χ2v) is 4.58. The van der Waals surface area contributed by atoms with Crippen molar-refractivity contribution >= 4 is 12.0 Å². The fraction of sp³-hybridized carbons (Fsp3) is 0.267. The van der Waals surface area contributed by atoms with Crippen molar-refractivity contribution in [3.05, 3.63) is 52.6 Å². The molecule has 0 saturated carbocycles. The number of hydrogen-bond acceptors (Lipinski definition) is 1. The van der Waals surface area contributed by atoms with Crippen molar-refractivity contribution < 1.29 is 4.79 Å². The number of allylic oxidation sites excluding steroid dienone is 1. The summed E-state index contributed by atoms with van der Waals surface area (Å²) in [6, 6.07) is 10.2. The first-order valence-electron chi connectivity index (χ1n) is 5.85. The van der Waals surface area contributed by atoms with E-state index in [1.807, 2.05) is 51.1 Å². The zero-order valence-electron chi connectivity index (χ0n) is 10.4. The Morgan fingerprint density at radius 2 is 1.88 bits per heavy atom. The van der Waals surface area contributed by atoms with Gasteiger partial charge in [-0.3, -0.25) is 4.79 Å². The van der Waals surface area contributed by atoms with Gasteiger partial charge in [0.15, 0.2) is 0 Å². The van der Waals surface area contributed by atoms with Gasteiger partial charge >= 0.3 is 0 Å². The van der Waals surface area contributed by atoms with Crippen LogP contribution < -0.4 is 5.32 Å². The second kappa shape index (κ2) is 4.58. The van der Waals surface area contributed by atoms with Crippen LogP contribution in [0.5, 0.6) is 0 Å². The molecule has 2 rings (SSSR count). The van der Waals surface area contributed by atoms with Gasteiger partial charge in [-0.1, -0.05) is 35.9 Å². The van der Waals surface area contributed by atoms with Gasteiger partial charge in [0.05, 0.1) is 6.04 Å². The molecule has 1 aromatic carbocycles. The first kappa shape index (κ1) is 11.6. The third-order valence-electron chi connectivity index (χ3n) is 2.95. The largest absolute Gasteiger partial charge is 0.345 e. The summed E-state index contributed by atoms with van der Waals surface area (Å²) in [5, 5.41) is 2.95. The molecule has 1 heterocycles. The number of nitrogens with one attached hydrogen (secondary N) is 1. The van der Waals surface area contributed by atoms with Crippen molar-refractivity contribution in [2.75, 3.05) is 0 Å². The first-order chi connectivity index (χ1) is 8.09. The molecule has 2 heteroatoms. The third-order valence-corrected chi connectivity index (χ3v) is 2.95. The molecule has 1 amide bonds. The number of carbonyl (C=O) groups is 1. The Morgan fingerprint density at radius 1 is 1.24 bits per heavy atom. The summed E-state index contributed by atoms with van der Waals surface area (Å²) in [6.07, 6.45) is 2.09. The molecule has 1 aliphatic rings. The highest BCUT2D eigenvalue weighted by atomic mass is 16.2. The fourth-order valence-corrected chi connectivity index (χ4v) is 2.14. The average Bonchev–Trinajstić information content (AvgIpc) is 2.55. The lowest BCUT2D eigenvalue weighted by Gasteiger charge is -2.06. The topological polar surface area (TPSA) is 29.1 Å². The highest BCUT2D eigenvalue weighted by Gasteiger charge is 2.29. The van der Waals surface area contributed by atoms with Crippen LogP contribution in [0.3, 0.4) is 0 Å². The van der Waals surface area contributed by atoms with Gasteiger partial charge in [0.25, 0.3) is 5.91 Å². The van der Waals surface area contributed by atoms with Crippen molar-refractivity contribution in [1.29, 1.82) is 0 Å². The summed E-state index contributed by atoms with van der Waals surface area (Å²) in [5.41, 5.74) is 4.11. The van der Waals surface area contributed by atoms with E-state index in [1.54, 1.807) is 0 Å². The lowest BCUT2D eigenvalue weighted by Crippen LogP contribution is -2.22. The van der Waals surface area contributed by atoms with Gasteiger partial charge in [-0.15, -0.1) is 0 Å². The van der Waals surface area contributed by atoms with Crippen LogP contribution in [0.4, 0.5) is 0 Å². The van der Waals surface area contributed by atoms with Crippen LogP contribution >= 0.6 is 0 Å². The monoisotopic (exact) mass is 227 g/mol. The summed E-state index contributed by atoms with van der Waals surface area (Å²) >= 11 is 0. The molecule has 1 N–H and O–H groups in total. The second-order valence-electron chi connectivity index (χ2n) is 4.58. The quantitative estimate of drug-likeness (QED) is 0.734. The zero-order valence-corrected chi connectivity index (χ0v) is 10.4. The molecule has 1 fully saturated rings. The van der Waals surface area contributed by atoms with Crippen LogP contribution in [0.1, 0.15) is 26.3 Å². The molecule has 0 unspecified atom stereocenters. The highest BCUT2D eigenvalue weighted by Crippen LogP contribution is 2.26. The molecule has 17 heavy (non-hydrogen) atoms. The summed E-state index contributed by atoms with van der Waals surface area (Å²) in [5.74, 6) is 0.0414. The Morgan fingerprint density at radius 3 is 2.47 bits per heavy atom. The van der Waals surface area contributed by atoms with Crippen LogP contribution in [-0.2, 0) is 4.79 Å². The summed E-state index contributed by atoms with van der Waals surface area (Å²) < 4.78 is 0. The Kier molecular flexibility index (Phi) is 3.14. The standard InChI is InChI=1S/C15H17NO/c1-10(2)14-13(11(3)16-15(14)17)9-12-7-5-4-6-8-12/h4-9,11H,1-3H3,(H,16,17)/b13-9+/t11-/m1/s1. The van der Waals surface area contributed by atoms with E-state index in [9.17, 15) is 4.79 Å². The number of amides is 1. The maximum absolute atomic E-state index is 11.8. The van der Waals surface area contributed by atoms with E-state index in [1.165, 1.54) is 0 Å². The Balaban J connectivity index is 2.47. The molecule has 0 radical (unpaired) electrons. The molecule has 88 valence electrons. The van der Waals surface area contributed by atoms with E-state index < -0.39 is 0 Å². The Bertz CT molecular complexity index is 493. The van der Waals surface area contributed by atoms with E-state index in [0.29, 0.717) is 0 Å². The predicted octanol–water partition coefficient (Wildman–Crippen LogP) is 2.92. The Labute approximate surface area is 102 Å². The predicted molar refractivity (Wildman–Crippen MR) is 70.4 cm³/mol. The zero-order chi connectivity index (χ0) is 12.4. The van der Waals surface area contributed by atoms with Crippen molar-refractivity contribution in [3.8, 4) is 0 Å². The maximum atomic E-state index is 11.8. The van der Waals surface area contributed by atoms with Crippen molar-refractivity contribution in [2.45, 2.75) is 26.8 Å². The van der Waals surface area contributed by atoms with Crippen molar-refractivity contribution in [3.63, 3.8) is 0 Å². The smallest absolute Gasteiger partial charge is 0.252 e. The third kappa shape index (κ3) is 2.31. The van der Waals surface area contributed by atoms with Crippen LogP contribution in [0.25, 0.3) is 6.08 Å². The molecule has 0 spiro atoms. The minimum atomic E-state index is 0.0414. The summed E-state index contributed by atoms with van der Waals surface area (Å²) in [4.78, 5) is 11.8. The number of rotatable bonds is 1. The van der Waals surface area contributed by atoms with E-state index in [0.717, 1.165) is 22.3 Å². The normalized spacial score (nSPS) is 21.8. The van der Waals surface area contributed by atoms with E-state index in [2.05, 4.69) is 11.4 Å². The van der Waals surface area contributed by atoms with Gasteiger partial charge in [-0.2, -0.15) is 0 Å². The van der Waals surface area contributed by atoms with Crippen LogP contribution in [-0.4, -0.2) is 11.9 Å². The van der Waals surface area contributed by atoms with Gasteiger partial charge in [0.2, 0.25) is 0 Å². The lowest BCUT2D eigenvalue weighted by atomic mass is 9.98. The van der Waals surface area contributed by atoms with Crippen LogP contribution in [0.15, 0.2) is 47.1 Å². The van der Waals surface area contributed by atoms with E-state index in [4.69, 9.17) is 0 Å². The van der Waals surface area contributed by atoms with Gasteiger partial charge in [-0.05, 0) is 38.0 Å².